The van der Waals surface area contributed by atoms with Crippen molar-refractivity contribution in [1.82, 2.24) is 4.90 Å². The minimum Gasteiger partial charge on any atom is -0.465 e. The Morgan fingerprint density at radius 1 is 1.10 bits per heavy atom. The highest BCUT2D eigenvalue weighted by atomic mass is 16.6. The first-order chi connectivity index (χ1) is 20.4. The third-order valence-electron chi connectivity index (χ3n) is 9.03. The molecule has 3 heterocycles. The molecule has 2 amide bonds. The average molecular weight is 582 g/mol. The van der Waals surface area contributed by atoms with Crippen molar-refractivity contribution in [1.29, 1.82) is 0 Å². The first kappa shape index (κ1) is 31.8. The maximum absolute atomic E-state index is 14.6. The van der Waals surface area contributed by atoms with Gasteiger partial charge in [-0.3, -0.25) is 14.4 Å². The Morgan fingerprint density at radius 3 is 2.45 bits per heavy atom. The lowest BCUT2D eigenvalue weighted by Crippen LogP contribution is -2.56. The van der Waals surface area contributed by atoms with Gasteiger partial charge >= 0.3 is 5.97 Å². The molecular formula is C33H47N3O6. The molecule has 5 atom stereocenters. The van der Waals surface area contributed by atoms with Gasteiger partial charge in [0.05, 0.1) is 24.5 Å². The number of benzene rings is 1. The topological polar surface area (TPSA) is 99.6 Å². The van der Waals surface area contributed by atoms with E-state index in [9.17, 15) is 19.5 Å². The van der Waals surface area contributed by atoms with Gasteiger partial charge < -0.3 is 29.3 Å². The monoisotopic (exact) mass is 581 g/mol. The summed E-state index contributed by atoms with van der Waals surface area (Å²) in [4.78, 5) is 47.6. The average Bonchev–Trinajstić information content (AvgIpc) is 3.64. The van der Waals surface area contributed by atoms with Gasteiger partial charge in [0.25, 0.3) is 5.91 Å². The number of esters is 1. The molecule has 1 aromatic carbocycles. The van der Waals surface area contributed by atoms with Crippen LogP contribution < -0.4 is 9.80 Å². The predicted molar refractivity (Wildman–Crippen MR) is 163 cm³/mol. The van der Waals surface area contributed by atoms with E-state index in [1.165, 1.54) is 0 Å². The summed E-state index contributed by atoms with van der Waals surface area (Å²) in [6.45, 7) is 14.5. The Morgan fingerprint density at radius 2 is 1.81 bits per heavy atom. The first-order valence-corrected chi connectivity index (χ1v) is 15.5. The van der Waals surface area contributed by atoms with Crippen LogP contribution in [0.15, 0.2) is 49.6 Å². The molecular weight excluding hydrogens is 534 g/mol. The number of anilines is 2. The zero-order valence-electron chi connectivity index (χ0n) is 25.2. The number of unbranched alkanes of at least 4 members (excludes halogenated alkanes) is 3. The molecule has 0 aromatic heterocycles. The highest BCUT2D eigenvalue weighted by molar-refractivity contribution is 6.04. The summed E-state index contributed by atoms with van der Waals surface area (Å²) >= 11 is 0. The fourth-order valence-electron chi connectivity index (χ4n) is 7.04. The second-order valence-corrected chi connectivity index (χ2v) is 11.4. The molecule has 9 heteroatoms. The second-order valence-electron chi connectivity index (χ2n) is 11.4. The standard InChI is InChI=1S/C33H47N3O6/c1-5-9-13-23-41-32(40)27-26-18-19-33(42-26)28(27)30(38)36(21-11-10-12-22-37)29(33)31(39)35(20-6-2)25-16-14-24(15-17-25)34(7-3)8-4/h5-6,14-17,26-29,37H,1-2,7-13,18-23H2,3-4H3/t26-,27+,28+,29?,33?/m1/s1. The lowest BCUT2D eigenvalue weighted by atomic mass is 9.70. The van der Waals surface area contributed by atoms with Gasteiger partial charge in [-0.15, -0.1) is 13.2 Å². The summed E-state index contributed by atoms with van der Waals surface area (Å²) < 4.78 is 12.2. The summed E-state index contributed by atoms with van der Waals surface area (Å²) in [7, 11) is 0. The van der Waals surface area contributed by atoms with Crippen molar-refractivity contribution in [3.63, 3.8) is 0 Å². The van der Waals surface area contributed by atoms with Gasteiger partial charge in [0.15, 0.2) is 0 Å². The quantitative estimate of drug-likeness (QED) is 0.168. The number of carbonyl (C=O) groups excluding carboxylic acids is 3. The van der Waals surface area contributed by atoms with Crippen LogP contribution >= 0.6 is 0 Å². The van der Waals surface area contributed by atoms with Gasteiger partial charge in [0.2, 0.25) is 5.91 Å². The van der Waals surface area contributed by atoms with Crippen LogP contribution in [0.1, 0.15) is 58.8 Å². The van der Waals surface area contributed by atoms with Crippen LogP contribution in [-0.4, -0.2) is 84.9 Å². The number of amides is 2. The highest BCUT2D eigenvalue weighted by Gasteiger charge is 2.75. The number of aliphatic hydroxyl groups is 1. The number of allylic oxidation sites excluding steroid dienone is 1. The molecule has 0 radical (unpaired) electrons. The summed E-state index contributed by atoms with van der Waals surface area (Å²) in [6, 6.07) is 7.02. The van der Waals surface area contributed by atoms with E-state index in [0.29, 0.717) is 44.3 Å². The Bertz CT molecular complexity index is 1120. The molecule has 1 spiro atoms. The molecule has 2 unspecified atom stereocenters. The third kappa shape index (κ3) is 5.99. The number of nitrogens with zero attached hydrogens (tertiary/aromatic N) is 3. The molecule has 1 N–H and O–H groups in total. The summed E-state index contributed by atoms with van der Waals surface area (Å²) in [5.74, 6) is -2.36. The maximum Gasteiger partial charge on any atom is 0.312 e. The Balaban J connectivity index is 1.66. The summed E-state index contributed by atoms with van der Waals surface area (Å²) in [5.41, 5.74) is 0.706. The van der Waals surface area contributed by atoms with Crippen LogP contribution in [0, 0.1) is 11.8 Å². The number of ether oxygens (including phenoxy) is 2. The fourth-order valence-corrected chi connectivity index (χ4v) is 7.04. The number of carbonyl (C=O) groups is 3. The molecule has 2 bridgehead atoms. The van der Waals surface area contributed by atoms with E-state index in [2.05, 4.69) is 31.9 Å². The van der Waals surface area contributed by atoms with E-state index in [0.717, 1.165) is 31.6 Å². The number of likely N-dealkylation sites (tertiary alicyclic amines) is 1. The molecule has 3 fully saturated rings. The van der Waals surface area contributed by atoms with Crippen LogP contribution in [0.25, 0.3) is 0 Å². The Hall–Kier alpha value is -3.17. The zero-order valence-corrected chi connectivity index (χ0v) is 25.2. The van der Waals surface area contributed by atoms with E-state index in [-0.39, 0.29) is 31.6 Å². The molecule has 0 aliphatic carbocycles. The van der Waals surface area contributed by atoms with E-state index in [1.54, 1.807) is 22.0 Å². The lowest BCUT2D eigenvalue weighted by Gasteiger charge is -2.37. The number of hydrogen-bond acceptors (Lipinski definition) is 7. The van der Waals surface area contributed by atoms with Crippen molar-refractivity contribution < 1.29 is 29.0 Å². The van der Waals surface area contributed by atoms with Crippen molar-refractivity contribution in [3.05, 3.63) is 49.6 Å². The predicted octanol–water partition coefficient (Wildman–Crippen LogP) is 4.10. The fraction of sp³-hybridized carbons (Fsp3) is 0.606. The van der Waals surface area contributed by atoms with Crippen molar-refractivity contribution in [2.75, 3.05) is 49.2 Å². The normalized spacial score (nSPS) is 25.8. The number of rotatable bonds is 17. The van der Waals surface area contributed by atoms with Crippen LogP contribution in [0.2, 0.25) is 0 Å². The van der Waals surface area contributed by atoms with Gasteiger partial charge in [-0.05, 0) is 83.1 Å². The minimum atomic E-state index is -1.08. The molecule has 4 rings (SSSR count). The van der Waals surface area contributed by atoms with E-state index >= 15 is 0 Å². The van der Waals surface area contributed by atoms with Crippen LogP contribution in [-0.2, 0) is 23.9 Å². The SMILES string of the molecule is C=CCCCOC(=O)[C@@H]1[C@H]2C(=O)N(CCCCCO)C(C(=O)N(CC=C)c3ccc(N(CC)CC)cc3)C23CC[C@H]1O3. The van der Waals surface area contributed by atoms with Crippen LogP contribution in [0.3, 0.4) is 0 Å². The zero-order chi connectivity index (χ0) is 30.3. The van der Waals surface area contributed by atoms with Crippen LogP contribution in [0.4, 0.5) is 11.4 Å². The second kappa shape index (κ2) is 14.3. The minimum absolute atomic E-state index is 0.0734. The largest absolute Gasteiger partial charge is 0.465 e. The third-order valence-corrected chi connectivity index (χ3v) is 9.03. The molecule has 3 aliphatic heterocycles. The first-order valence-electron chi connectivity index (χ1n) is 15.5. The molecule has 1 aromatic rings. The molecule has 3 saturated heterocycles. The Labute approximate surface area is 250 Å². The summed E-state index contributed by atoms with van der Waals surface area (Å²) in [6.07, 6.45) is 7.52. The smallest absolute Gasteiger partial charge is 0.312 e. The van der Waals surface area contributed by atoms with Crippen molar-refractivity contribution in [3.8, 4) is 0 Å². The number of aliphatic hydroxyl groups excluding tert-OH is 1. The highest BCUT2D eigenvalue weighted by Crippen LogP contribution is 2.59. The molecule has 9 nitrogen and oxygen atoms in total. The lowest BCUT2D eigenvalue weighted by molar-refractivity contribution is -0.155. The number of hydrogen-bond donors (Lipinski definition) is 1. The molecule has 3 aliphatic rings. The molecule has 42 heavy (non-hydrogen) atoms. The van der Waals surface area contributed by atoms with Gasteiger partial charge in [-0.2, -0.15) is 0 Å². The maximum atomic E-state index is 14.6. The molecule has 230 valence electrons. The van der Waals surface area contributed by atoms with E-state index in [4.69, 9.17) is 9.47 Å². The van der Waals surface area contributed by atoms with Gasteiger partial charge in [0.1, 0.15) is 11.6 Å². The van der Waals surface area contributed by atoms with E-state index < -0.39 is 35.6 Å². The van der Waals surface area contributed by atoms with Gasteiger partial charge in [-0.25, -0.2) is 0 Å². The van der Waals surface area contributed by atoms with Crippen LogP contribution in [0.5, 0.6) is 0 Å². The van der Waals surface area contributed by atoms with Gasteiger partial charge in [-0.1, -0.05) is 12.2 Å². The van der Waals surface area contributed by atoms with Crippen molar-refractivity contribution in [2.45, 2.75) is 76.5 Å². The van der Waals surface area contributed by atoms with Crippen molar-refractivity contribution >= 4 is 29.2 Å². The van der Waals surface area contributed by atoms with E-state index in [1.807, 2.05) is 24.3 Å². The van der Waals surface area contributed by atoms with Crippen molar-refractivity contribution in [2.24, 2.45) is 11.8 Å². The summed E-state index contributed by atoms with van der Waals surface area (Å²) in [5, 5.41) is 9.28. The number of fused-ring (bicyclic) bond motifs is 1. The Kier molecular flexibility index (Phi) is 10.8. The van der Waals surface area contributed by atoms with Gasteiger partial charge in [0, 0.05) is 44.2 Å². The molecule has 0 saturated carbocycles.